The zero-order chi connectivity index (χ0) is 15.6. The van der Waals surface area contributed by atoms with Crippen molar-refractivity contribution in [2.75, 3.05) is 13.1 Å². The Labute approximate surface area is 144 Å². The second-order valence-corrected chi connectivity index (χ2v) is 7.69. The smallest absolute Gasteiger partial charge is 0.183 e. The molecule has 0 aliphatic carbocycles. The quantitative estimate of drug-likeness (QED) is 0.856. The third kappa shape index (κ3) is 3.44. The van der Waals surface area contributed by atoms with Crippen LogP contribution < -0.4 is 0 Å². The maximum Gasteiger partial charge on any atom is 0.183 e. The van der Waals surface area contributed by atoms with Crippen LogP contribution in [0.1, 0.15) is 41.2 Å². The molecule has 5 nitrogen and oxygen atoms in total. The van der Waals surface area contributed by atoms with Crippen LogP contribution in [-0.2, 0) is 19.5 Å². The molecule has 0 unspecified atom stereocenters. The molecule has 0 fully saturated rings. The number of thiazole rings is 1. The molecule has 0 aromatic carbocycles. The van der Waals surface area contributed by atoms with Crippen LogP contribution in [-0.4, -0.2) is 38.7 Å². The molecule has 0 spiro atoms. The average Bonchev–Trinajstić information content (AvgIpc) is 3.00. The molecule has 0 bridgehead atoms. The van der Waals surface area contributed by atoms with E-state index in [4.69, 9.17) is 16.6 Å². The highest BCUT2D eigenvalue weighted by Crippen LogP contribution is 2.23. The molecular formula is C16H18ClN5S. The Morgan fingerprint density at radius 2 is 2.13 bits per heavy atom. The Balaban J connectivity index is 1.48. The van der Waals surface area contributed by atoms with Gasteiger partial charge in [-0.05, 0) is 19.3 Å². The third-order valence-electron chi connectivity index (χ3n) is 4.30. The van der Waals surface area contributed by atoms with Crippen LogP contribution >= 0.6 is 22.9 Å². The Hall–Kier alpha value is -1.37. The van der Waals surface area contributed by atoms with Gasteiger partial charge in [0.1, 0.15) is 0 Å². The lowest BCUT2D eigenvalue weighted by Crippen LogP contribution is -2.31. The maximum atomic E-state index is 5.91. The summed E-state index contributed by atoms with van der Waals surface area (Å²) < 4.78 is 0.610. The summed E-state index contributed by atoms with van der Waals surface area (Å²) in [4.78, 5) is 21.6. The lowest BCUT2D eigenvalue weighted by atomic mass is 10.1. The Morgan fingerprint density at radius 3 is 2.91 bits per heavy atom. The number of aromatic nitrogens is 3. The van der Waals surface area contributed by atoms with Gasteiger partial charge in [0.25, 0.3) is 0 Å². The van der Waals surface area contributed by atoms with Gasteiger partial charge in [0, 0.05) is 55.4 Å². The highest BCUT2D eigenvalue weighted by atomic mass is 35.5. The van der Waals surface area contributed by atoms with Gasteiger partial charge in [-0.3, -0.25) is 9.89 Å². The van der Waals surface area contributed by atoms with Crippen LogP contribution in [0.5, 0.6) is 0 Å². The Kier molecular flexibility index (Phi) is 4.37. The SMILES string of the molecule is Clc1ncc(CN2CCc3nc(C4=NCCCC4)ncc3C2)s1. The normalized spacial score (nSPS) is 18.6. The first-order chi connectivity index (χ1) is 11.3. The second kappa shape index (κ2) is 6.63. The van der Waals surface area contributed by atoms with Gasteiger partial charge in [-0.25, -0.2) is 15.0 Å². The number of halogens is 1. The van der Waals surface area contributed by atoms with E-state index in [0.29, 0.717) is 4.47 Å². The Morgan fingerprint density at radius 1 is 1.17 bits per heavy atom. The molecule has 4 rings (SSSR count). The van der Waals surface area contributed by atoms with E-state index in [0.717, 1.165) is 50.6 Å². The number of aliphatic imine (C=N–C) groups is 1. The van der Waals surface area contributed by atoms with Gasteiger partial charge in [-0.1, -0.05) is 11.6 Å². The summed E-state index contributed by atoms with van der Waals surface area (Å²) in [6.07, 6.45) is 8.21. The summed E-state index contributed by atoms with van der Waals surface area (Å²) >= 11 is 7.46. The van der Waals surface area contributed by atoms with Crippen LogP contribution in [0.15, 0.2) is 17.4 Å². The fraction of sp³-hybridized carbons (Fsp3) is 0.500. The number of nitrogens with zero attached hydrogens (tertiary/aromatic N) is 5. The summed E-state index contributed by atoms with van der Waals surface area (Å²) in [5.74, 6) is 0.839. The van der Waals surface area contributed by atoms with Crippen LogP contribution in [0.2, 0.25) is 4.47 Å². The molecule has 0 N–H and O–H groups in total. The van der Waals surface area contributed by atoms with Gasteiger partial charge < -0.3 is 0 Å². The van der Waals surface area contributed by atoms with E-state index >= 15 is 0 Å². The first kappa shape index (κ1) is 15.2. The van der Waals surface area contributed by atoms with Crippen molar-refractivity contribution in [3.8, 4) is 0 Å². The summed E-state index contributed by atoms with van der Waals surface area (Å²) in [6, 6.07) is 0. The van der Waals surface area contributed by atoms with Crippen LogP contribution in [0.4, 0.5) is 0 Å². The minimum Gasteiger partial charge on any atom is -0.293 e. The predicted octanol–water partition coefficient (Wildman–Crippen LogP) is 3.12. The van der Waals surface area contributed by atoms with Crippen molar-refractivity contribution in [1.82, 2.24) is 19.9 Å². The van der Waals surface area contributed by atoms with E-state index in [1.165, 1.54) is 29.0 Å². The lowest BCUT2D eigenvalue weighted by Gasteiger charge is -2.27. The van der Waals surface area contributed by atoms with Crippen molar-refractivity contribution >= 4 is 28.6 Å². The first-order valence-corrected chi connectivity index (χ1v) is 9.18. The molecule has 2 aliphatic rings. The van der Waals surface area contributed by atoms with Crippen molar-refractivity contribution in [3.05, 3.63) is 38.8 Å². The van der Waals surface area contributed by atoms with Crippen molar-refractivity contribution in [3.63, 3.8) is 0 Å². The fourth-order valence-corrected chi connectivity index (χ4v) is 4.13. The van der Waals surface area contributed by atoms with E-state index in [1.807, 2.05) is 12.4 Å². The molecule has 2 aliphatic heterocycles. The van der Waals surface area contributed by atoms with Crippen LogP contribution in [0.3, 0.4) is 0 Å². The third-order valence-corrected chi connectivity index (χ3v) is 5.40. The van der Waals surface area contributed by atoms with Gasteiger partial charge in [-0.15, -0.1) is 11.3 Å². The monoisotopic (exact) mass is 347 g/mol. The van der Waals surface area contributed by atoms with Crippen molar-refractivity contribution in [2.45, 2.75) is 38.8 Å². The minimum atomic E-state index is 0.610. The topological polar surface area (TPSA) is 54.3 Å². The average molecular weight is 348 g/mol. The number of rotatable bonds is 3. The number of hydrogen-bond acceptors (Lipinski definition) is 6. The Bertz CT molecular complexity index is 742. The zero-order valence-corrected chi connectivity index (χ0v) is 14.4. The summed E-state index contributed by atoms with van der Waals surface area (Å²) in [5, 5.41) is 0. The summed E-state index contributed by atoms with van der Waals surface area (Å²) in [7, 11) is 0. The van der Waals surface area contributed by atoms with E-state index in [9.17, 15) is 0 Å². The summed E-state index contributed by atoms with van der Waals surface area (Å²) in [6.45, 7) is 3.70. The number of fused-ring (bicyclic) bond motifs is 1. The number of hydrogen-bond donors (Lipinski definition) is 0. The molecule has 0 saturated heterocycles. The van der Waals surface area contributed by atoms with Gasteiger partial charge in [0.05, 0.1) is 11.4 Å². The van der Waals surface area contributed by atoms with Crippen LogP contribution in [0.25, 0.3) is 0 Å². The minimum absolute atomic E-state index is 0.610. The highest BCUT2D eigenvalue weighted by Gasteiger charge is 2.20. The van der Waals surface area contributed by atoms with E-state index in [1.54, 1.807) is 11.3 Å². The van der Waals surface area contributed by atoms with Crippen molar-refractivity contribution < 1.29 is 0 Å². The molecule has 4 heterocycles. The largest absolute Gasteiger partial charge is 0.293 e. The molecule has 120 valence electrons. The first-order valence-electron chi connectivity index (χ1n) is 7.99. The maximum absolute atomic E-state index is 5.91. The van der Waals surface area contributed by atoms with E-state index in [2.05, 4.69) is 19.9 Å². The highest BCUT2D eigenvalue weighted by molar-refractivity contribution is 7.15. The molecule has 2 aromatic rings. The van der Waals surface area contributed by atoms with Crippen molar-refractivity contribution in [2.24, 2.45) is 4.99 Å². The zero-order valence-electron chi connectivity index (χ0n) is 12.8. The predicted molar refractivity (Wildman–Crippen MR) is 92.2 cm³/mol. The fourth-order valence-electron chi connectivity index (χ4n) is 3.11. The molecular weight excluding hydrogens is 330 g/mol. The molecule has 0 amide bonds. The summed E-state index contributed by atoms with van der Waals surface area (Å²) in [5.41, 5.74) is 3.50. The molecule has 0 saturated carbocycles. The van der Waals surface area contributed by atoms with Crippen molar-refractivity contribution in [1.29, 1.82) is 0 Å². The van der Waals surface area contributed by atoms with Gasteiger partial charge in [0.15, 0.2) is 10.3 Å². The second-order valence-electron chi connectivity index (χ2n) is 5.99. The van der Waals surface area contributed by atoms with Gasteiger partial charge >= 0.3 is 0 Å². The molecule has 23 heavy (non-hydrogen) atoms. The molecule has 2 aromatic heterocycles. The molecule has 7 heteroatoms. The van der Waals surface area contributed by atoms with Gasteiger partial charge in [0.2, 0.25) is 0 Å². The lowest BCUT2D eigenvalue weighted by molar-refractivity contribution is 0.245. The van der Waals surface area contributed by atoms with E-state index < -0.39 is 0 Å². The van der Waals surface area contributed by atoms with Crippen LogP contribution in [0, 0.1) is 0 Å². The van der Waals surface area contributed by atoms with E-state index in [-0.39, 0.29) is 0 Å². The molecule has 0 atom stereocenters. The van der Waals surface area contributed by atoms with Gasteiger partial charge in [-0.2, -0.15) is 0 Å². The molecule has 0 radical (unpaired) electrons. The standard InChI is InChI=1S/C16H18ClN5S/c17-16-20-8-12(23-16)10-22-6-4-13-11(9-22)7-19-15(21-13)14-3-1-2-5-18-14/h7-8H,1-6,9-10H2.